The van der Waals surface area contributed by atoms with E-state index in [1.54, 1.807) is 24.3 Å². The lowest BCUT2D eigenvalue weighted by molar-refractivity contribution is 0.415. The summed E-state index contributed by atoms with van der Waals surface area (Å²) in [6.45, 7) is 2.03. The number of rotatable bonds is 6. The van der Waals surface area contributed by atoms with E-state index in [1.807, 2.05) is 31.2 Å². The van der Waals surface area contributed by atoms with Crippen molar-refractivity contribution in [3.63, 3.8) is 0 Å². The number of hydrogen-bond acceptors (Lipinski definition) is 3. The third-order valence-corrected chi connectivity index (χ3v) is 5.98. The lowest BCUT2D eigenvalue weighted by atomic mass is 10.1. The maximum Gasteiger partial charge on any atom is 0.267 e. The smallest absolute Gasteiger partial charge is 0.267 e. The van der Waals surface area contributed by atoms with Crippen LogP contribution in [-0.4, -0.2) is 15.5 Å². The van der Waals surface area contributed by atoms with Crippen LogP contribution in [0.25, 0.3) is 0 Å². The molecule has 3 aromatic carbocycles. The third kappa shape index (κ3) is 4.11. The quantitative estimate of drug-likeness (QED) is 0.626. The molecule has 0 amide bonds. The molecule has 6 heteroatoms. The molecule has 0 aliphatic rings. The molecule has 140 valence electrons. The topological polar surface area (TPSA) is 46.6 Å². The van der Waals surface area contributed by atoms with E-state index in [4.69, 9.17) is 4.74 Å². The van der Waals surface area contributed by atoms with Crippen LogP contribution in [0.4, 0.5) is 10.1 Å². The van der Waals surface area contributed by atoms with E-state index in [1.165, 1.54) is 29.6 Å². The zero-order valence-corrected chi connectivity index (χ0v) is 15.9. The maximum atomic E-state index is 14.3. The summed E-state index contributed by atoms with van der Waals surface area (Å²) in [6, 6.07) is 19.6. The van der Waals surface area contributed by atoms with Gasteiger partial charge in [0.15, 0.2) is 0 Å². The summed E-state index contributed by atoms with van der Waals surface area (Å²) in [5.74, 6) is -0.169. The first-order chi connectivity index (χ1) is 12.9. The molecule has 0 saturated carbocycles. The van der Waals surface area contributed by atoms with Gasteiger partial charge >= 0.3 is 0 Å². The fraction of sp³-hybridized carbons (Fsp3) is 0.143. The van der Waals surface area contributed by atoms with Gasteiger partial charge in [-0.15, -0.1) is 0 Å². The predicted octanol–water partition coefficient (Wildman–Crippen LogP) is 4.54. The molecule has 0 fully saturated rings. The van der Waals surface area contributed by atoms with Crippen LogP contribution >= 0.6 is 0 Å². The summed E-state index contributed by atoms with van der Waals surface area (Å²) < 4.78 is 47.1. The molecule has 4 nitrogen and oxygen atoms in total. The van der Waals surface area contributed by atoms with Crippen LogP contribution in [0.2, 0.25) is 0 Å². The Morgan fingerprint density at radius 3 is 2.30 bits per heavy atom. The minimum Gasteiger partial charge on any atom is -0.497 e. The van der Waals surface area contributed by atoms with E-state index in [2.05, 4.69) is 0 Å². The molecule has 0 aliphatic heterocycles. The Morgan fingerprint density at radius 2 is 1.67 bits per heavy atom. The summed E-state index contributed by atoms with van der Waals surface area (Å²) in [5, 5.41) is 0. The van der Waals surface area contributed by atoms with E-state index in [0.717, 1.165) is 17.2 Å². The minimum absolute atomic E-state index is 0.0880. The molecule has 27 heavy (non-hydrogen) atoms. The van der Waals surface area contributed by atoms with Crippen LogP contribution in [0.3, 0.4) is 0 Å². The molecule has 0 aliphatic carbocycles. The minimum atomic E-state index is -4.10. The molecular weight excluding hydrogens is 365 g/mol. The van der Waals surface area contributed by atoms with Crippen molar-refractivity contribution in [2.45, 2.75) is 18.4 Å². The van der Waals surface area contributed by atoms with Crippen LogP contribution in [-0.2, 0) is 16.6 Å². The number of ether oxygens (including phenoxy) is 1. The molecule has 0 unspecified atom stereocenters. The Hall–Kier alpha value is -2.86. The lowest BCUT2D eigenvalue weighted by Gasteiger charge is -2.25. The van der Waals surface area contributed by atoms with Gasteiger partial charge < -0.3 is 4.74 Å². The maximum absolute atomic E-state index is 14.3. The zero-order valence-electron chi connectivity index (χ0n) is 15.1. The van der Waals surface area contributed by atoms with Crippen molar-refractivity contribution in [3.8, 4) is 5.75 Å². The molecule has 0 heterocycles. The number of anilines is 1. The molecule has 3 rings (SSSR count). The first kappa shape index (κ1) is 18.9. The van der Waals surface area contributed by atoms with Crippen molar-refractivity contribution >= 4 is 15.7 Å². The highest BCUT2D eigenvalue weighted by Gasteiger charge is 2.28. The van der Waals surface area contributed by atoms with Crippen molar-refractivity contribution in [2.75, 3.05) is 11.4 Å². The highest BCUT2D eigenvalue weighted by Crippen LogP contribution is 2.29. The summed E-state index contributed by atoms with van der Waals surface area (Å²) in [6.07, 6.45) is 0. The number of halogens is 1. The molecule has 0 aromatic heterocycles. The molecule has 0 bridgehead atoms. The summed E-state index contributed by atoms with van der Waals surface area (Å²) in [7, 11) is -2.56. The van der Waals surface area contributed by atoms with Crippen LogP contribution in [0.1, 0.15) is 11.1 Å². The van der Waals surface area contributed by atoms with Crippen molar-refractivity contribution in [2.24, 2.45) is 0 Å². The van der Waals surface area contributed by atoms with Crippen molar-refractivity contribution in [1.29, 1.82) is 0 Å². The van der Waals surface area contributed by atoms with Crippen molar-refractivity contribution < 1.29 is 17.5 Å². The van der Waals surface area contributed by atoms with E-state index >= 15 is 0 Å². The van der Waals surface area contributed by atoms with Crippen LogP contribution in [0.15, 0.2) is 77.7 Å². The van der Waals surface area contributed by atoms with Gasteiger partial charge in [0.25, 0.3) is 10.0 Å². The number of benzene rings is 3. The molecule has 3 aromatic rings. The molecule has 0 atom stereocenters. The fourth-order valence-electron chi connectivity index (χ4n) is 2.81. The number of nitrogens with zero attached hydrogens (tertiary/aromatic N) is 1. The van der Waals surface area contributed by atoms with Crippen LogP contribution in [0, 0.1) is 12.7 Å². The standard InChI is InChI=1S/C21H20FNO3S/c1-16-6-5-7-17(14-16)15-23(18-10-12-19(26-2)13-11-18)27(24,25)21-9-4-3-8-20(21)22/h3-14H,15H2,1-2H3. The van der Waals surface area contributed by atoms with Gasteiger partial charge in [-0.05, 0) is 48.9 Å². The van der Waals surface area contributed by atoms with Crippen LogP contribution in [0.5, 0.6) is 5.75 Å². The van der Waals surface area contributed by atoms with E-state index in [-0.39, 0.29) is 11.4 Å². The second-order valence-corrected chi connectivity index (χ2v) is 7.96. The highest BCUT2D eigenvalue weighted by atomic mass is 32.2. The lowest BCUT2D eigenvalue weighted by Crippen LogP contribution is -2.31. The van der Waals surface area contributed by atoms with E-state index in [9.17, 15) is 12.8 Å². The molecule has 0 radical (unpaired) electrons. The summed E-state index contributed by atoms with van der Waals surface area (Å²) in [5.41, 5.74) is 2.26. The monoisotopic (exact) mass is 385 g/mol. The van der Waals surface area contributed by atoms with Gasteiger partial charge in [-0.25, -0.2) is 12.8 Å². The molecular formula is C21H20FNO3S. The Bertz CT molecular complexity index is 1030. The normalized spacial score (nSPS) is 11.2. The second kappa shape index (κ2) is 7.80. The van der Waals surface area contributed by atoms with Crippen molar-refractivity contribution in [3.05, 3.63) is 89.7 Å². The zero-order chi connectivity index (χ0) is 19.4. The Labute approximate surface area is 158 Å². The third-order valence-electron chi connectivity index (χ3n) is 4.17. The van der Waals surface area contributed by atoms with Gasteiger partial charge in [-0.3, -0.25) is 4.31 Å². The van der Waals surface area contributed by atoms with Gasteiger partial charge in [0.05, 0.1) is 19.3 Å². The first-order valence-corrected chi connectivity index (χ1v) is 9.82. The molecule has 0 spiro atoms. The highest BCUT2D eigenvalue weighted by molar-refractivity contribution is 7.92. The van der Waals surface area contributed by atoms with Crippen LogP contribution < -0.4 is 9.04 Å². The predicted molar refractivity (Wildman–Crippen MR) is 104 cm³/mol. The SMILES string of the molecule is COc1ccc(N(Cc2cccc(C)c2)S(=O)(=O)c2ccccc2F)cc1. The Balaban J connectivity index is 2.10. The average Bonchev–Trinajstić information content (AvgIpc) is 2.66. The average molecular weight is 385 g/mol. The fourth-order valence-corrected chi connectivity index (χ4v) is 4.33. The number of methoxy groups -OCH3 is 1. The van der Waals surface area contributed by atoms with Gasteiger partial charge in [-0.2, -0.15) is 0 Å². The van der Waals surface area contributed by atoms with Gasteiger partial charge in [0.1, 0.15) is 16.5 Å². The Kier molecular flexibility index (Phi) is 5.46. The molecule has 0 N–H and O–H groups in total. The first-order valence-electron chi connectivity index (χ1n) is 8.38. The number of hydrogen-bond donors (Lipinski definition) is 0. The van der Waals surface area contributed by atoms with Gasteiger partial charge in [-0.1, -0.05) is 42.0 Å². The van der Waals surface area contributed by atoms with E-state index in [0.29, 0.717) is 11.4 Å². The van der Waals surface area contributed by atoms with Gasteiger partial charge in [0, 0.05) is 0 Å². The number of sulfonamides is 1. The summed E-state index contributed by atoms with van der Waals surface area (Å²) >= 11 is 0. The Morgan fingerprint density at radius 1 is 0.963 bits per heavy atom. The van der Waals surface area contributed by atoms with E-state index < -0.39 is 15.8 Å². The largest absolute Gasteiger partial charge is 0.497 e. The molecule has 0 saturated heterocycles. The van der Waals surface area contributed by atoms with Crippen molar-refractivity contribution in [1.82, 2.24) is 0 Å². The van der Waals surface area contributed by atoms with Gasteiger partial charge in [0.2, 0.25) is 0 Å². The summed E-state index contributed by atoms with van der Waals surface area (Å²) in [4.78, 5) is -0.353. The number of aryl methyl sites for hydroxylation is 1. The second-order valence-electron chi connectivity index (χ2n) is 6.13.